The normalized spacial score (nSPS) is 16.0. The Morgan fingerprint density at radius 1 is 1.10 bits per heavy atom. The SMILES string of the molecule is Cc1ccc(S(=O)(=O)N2CCC(C(=O)NCc3cc4cc(F)ccc4s3)CC2)cc1C. The van der Waals surface area contributed by atoms with E-state index < -0.39 is 10.0 Å². The first-order valence-corrected chi connectivity index (χ1v) is 12.5. The van der Waals surface area contributed by atoms with Crippen LogP contribution in [0.5, 0.6) is 0 Å². The van der Waals surface area contributed by atoms with Crippen LogP contribution in [0.1, 0.15) is 28.8 Å². The number of thiophene rings is 1. The predicted octanol–water partition coefficient (Wildman–Crippen LogP) is 4.37. The Labute approximate surface area is 185 Å². The molecule has 0 bridgehead atoms. The zero-order valence-corrected chi connectivity index (χ0v) is 19.2. The van der Waals surface area contributed by atoms with Crippen molar-refractivity contribution in [2.45, 2.75) is 38.1 Å². The topological polar surface area (TPSA) is 66.5 Å². The number of amides is 1. The maximum Gasteiger partial charge on any atom is 0.243 e. The average molecular weight is 461 g/mol. The van der Waals surface area contributed by atoms with Crippen molar-refractivity contribution in [3.8, 4) is 0 Å². The van der Waals surface area contributed by atoms with Crippen molar-refractivity contribution >= 4 is 37.4 Å². The fourth-order valence-electron chi connectivity index (χ4n) is 3.86. The lowest BCUT2D eigenvalue weighted by Crippen LogP contribution is -2.42. The van der Waals surface area contributed by atoms with Gasteiger partial charge in [0, 0.05) is 28.6 Å². The molecule has 1 saturated heterocycles. The van der Waals surface area contributed by atoms with E-state index in [1.165, 1.54) is 27.8 Å². The summed E-state index contributed by atoms with van der Waals surface area (Å²) in [5.41, 5.74) is 2.00. The molecule has 0 atom stereocenters. The van der Waals surface area contributed by atoms with Crippen LogP contribution in [0.25, 0.3) is 10.1 Å². The summed E-state index contributed by atoms with van der Waals surface area (Å²) in [5.74, 6) is -0.548. The van der Waals surface area contributed by atoms with Gasteiger partial charge in [-0.2, -0.15) is 4.31 Å². The van der Waals surface area contributed by atoms with Crippen LogP contribution in [0.4, 0.5) is 4.39 Å². The summed E-state index contributed by atoms with van der Waals surface area (Å²) in [6, 6.07) is 11.7. The van der Waals surface area contributed by atoms with Crippen molar-refractivity contribution in [2.24, 2.45) is 5.92 Å². The number of fused-ring (bicyclic) bond motifs is 1. The Morgan fingerprint density at radius 2 is 1.84 bits per heavy atom. The molecule has 5 nitrogen and oxygen atoms in total. The van der Waals surface area contributed by atoms with Crippen molar-refractivity contribution < 1.29 is 17.6 Å². The number of rotatable bonds is 5. The number of nitrogens with zero attached hydrogens (tertiary/aromatic N) is 1. The maximum atomic E-state index is 13.4. The van der Waals surface area contributed by atoms with Gasteiger partial charge >= 0.3 is 0 Å². The van der Waals surface area contributed by atoms with Gasteiger partial charge in [0.1, 0.15) is 5.82 Å². The standard InChI is InChI=1S/C23H25FN2O3S2/c1-15-3-5-21(11-16(15)2)31(28,29)26-9-7-17(8-10-26)23(27)25-14-20-13-18-12-19(24)4-6-22(18)30-20/h3-6,11-13,17H,7-10,14H2,1-2H3,(H,25,27). The molecule has 1 aromatic heterocycles. The van der Waals surface area contributed by atoms with E-state index in [1.807, 2.05) is 26.0 Å². The Morgan fingerprint density at radius 3 is 2.55 bits per heavy atom. The summed E-state index contributed by atoms with van der Waals surface area (Å²) in [5, 5.41) is 3.79. The summed E-state index contributed by atoms with van der Waals surface area (Å²) in [6.07, 6.45) is 0.987. The fraction of sp³-hybridized carbons (Fsp3) is 0.348. The number of nitrogens with one attached hydrogen (secondary N) is 1. The Balaban J connectivity index is 1.34. The molecule has 8 heteroatoms. The minimum absolute atomic E-state index is 0.0631. The molecule has 31 heavy (non-hydrogen) atoms. The van der Waals surface area contributed by atoms with Gasteiger partial charge in [-0.05, 0) is 79.6 Å². The Kier molecular flexibility index (Phi) is 6.14. The molecule has 3 aromatic rings. The molecule has 164 valence electrons. The minimum Gasteiger partial charge on any atom is -0.351 e. The fourth-order valence-corrected chi connectivity index (χ4v) is 6.40. The maximum absolute atomic E-state index is 13.4. The van der Waals surface area contributed by atoms with E-state index in [0.29, 0.717) is 37.4 Å². The number of carbonyl (C=O) groups excluding carboxylic acids is 1. The first-order chi connectivity index (χ1) is 14.7. The van der Waals surface area contributed by atoms with E-state index in [0.717, 1.165) is 26.1 Å². The van der Waals surface area contributed by atoms with Gasteiger partial charge in [-0.1, -0.05) is 6.07 Å². The van der Waals surface area contributed by atoms with Gasteiger partial charge in [0.2, 0.25) is 15.9 Å². The van der Waals surface area contributed by atoms with Crippen molar-refractivity contribution in [2.75, 3.05) is 13.1 Å². The molecule has 0 aliphatic carbocycles. The zero-order valence-electron chi connectivity index (χ0n) is 17.5. The lowest BCUT2D eigenvalue weighted by Gasteiger charge is -2.30. The molecule has 0 spiro atoms. The van der Waals surface area contributed by atoms with Crippen molar-refractivity contribution in [1.29, 1.82) is 0 Å². The third-order valence-corrected chi connectivity index (χ3v) is 8.92. The van der Waals surface area contributed by atoms with Crippen LogP contribution in [0.2, 0.25) is 0 Å². The first kappa shape index (κ1) is 21.9. The highest BCUT2D eigenvalue weighted by molar-refractivity contribution is 7.89. The van der Waals surface area contributed by atoms with E-state index in [1.54, 1.807) is 18.2 Å². The number of halogens is 1. The highest BCUT2D eigenvalue weighted by Gasteiger charge is 2.32. The molecule has 0 saturated carbocycles. The van der Waals surface area contributed by atoms with Gasteiger partial charge in [0.05, 0.1) is 11.4 Å². The van der Waals surface area contributed by atoms with Crippen molar-refractivity contribution in [3.63, 3.8) is 0 Å². The quantitative estimate of drug-likeness (QED) is 0.615. The predicted molar refractivity (Wildman–Crippen MR) is 121 cm³/mol. The summed E-state index contributed by atoms with van der Waals surface area (Å²) in [6.45, 7) is 4.90. The van der Waals surface area contributed by atoms with Gasteiger partial charge in [0.25, 0.3) is 0 Å². The lowest BCUT2D eigenvalue weighted by molar-refractivity contribution is -0.126. The average Bonchev–Trinajstić information content (AvgIpc) is 3.16. The smallest absolute Gasteiger partial charge is 0.243 e. The first-order valence-electron chi connectivity index (χ1n) is 10.3. The number of piperidine rings is 1. The van der Waals surface area contributed by atoms with Crippen molar-refractivity contribution in [3.05, 3.63) is 64.3 Å². The number of carbonyl (C=O) groups is 1. The molecule has 1 N–H and O–H groups in total. The monoisotopic (exact) mass is 460 g/mol. The molecule has 1 amide bonds. The van der Waals surface area contributed by atoms with Crippen LogP contribution in [-0.4, -0.2) is 31.7 Å². The Hall–Kier alpha value is -2.29. The second kappa shape index (κ2) is 8.68. The van der Waals surface area contributed by atoms with Gasteiger partial charge in [-0.25, -0.2) is 12.8 Å². The van der Waals surface area contributed by atoms with E-state index >= 15 is 0 Å². The second-order valence-electron chi connectivity index (χ2n) is 8.04. The van der Waals surface area contributed by atoms with Crippen LogP contribution >= 0.6 is 11.3 Å². The molecule has 4 rings (SSSR count). The van der Waals surface area contributed by atoms with Gasteiger partial charge < -0.3 is 5.32 Å². The Bertz CT molecular complexity index is 1230. The summed E-state index contributed by atoms with van der Waals surface area (Å²) in [4.78, 5) is 13.9. The molecule has 0 unspecified atom stereocenters. The highest BCUT2D eigenvalue weighted by atomic mass is 32.2. The number of aryl methyl sites for hydroxylation is 2. The molecular formula is C23H25FN2O3S2. The molecular weight excluding hydrogens is 435 g/mol. The van der Waals surface area contributed by atoms with Gasteiger partial charge in [0.15, 0.2) is 0 Å². The summed E-state index contributed by atoms with van der Waals surface area (Å²) in [7, 11) is -3.55. The number of sulfonamides is 1. The van der Waals surface area contributed by atoms with Crippen LogP contribution in [0.15, 0.2) is 47.4 Å². The molecule has 1 fully saturated rings. The largest absolute Gasteiger partial charge is 0.351 e. The second-order valence-corrected chi connectivity index (χ2v) is 11.1. The molecule has 2 aromatic carbocycles. The molecule has 0 radical (unpaired) electrons. The molecule has 1 aliphatic heterocycles. The third kappa shape index (κ3) is 4.66. The minimum atomic E-state index is -3.55. The van der Waals surface area contributed by atoms with E-state index in [4.69, 9.17) is 0 Å². The van der Waals surface area contributed by atoms with Gasteiger partial charge in [-0.15, -0.1) is 11.3 Å². The van der Waals surface area contributed by atoms with Gasteiger partial charge in [-0.3, -0.25) is 4.79 Å². The van der Waals surface area contributed by atoms with Crippen LogP contribution in [-0.2, 0) is 21.4 Å². The van der Waals surface area contributed by atoms with E-state index in [9.17, 15) is 17.6 Å². The van der Waals surface area contributed by atoms with E-state index in [2.05, 4.69) is 5.32 Å². The lowest BCUT2D eigenvalue weighted by atomic mass is 9.97. The van der Waals surface area contributed by atoms with Crippen LogP contribution in [0, 0.1) is 25.6 Å². The van der Waals surface area contributed by atoms with Crippen molar-refractivity contribution in [1.82, 2.24) is 9.62 Å². The summed E-state index contributed by atoms with van der Waals surface area (Å²) >= 11 is 1.53. The van der Waals surface area contributed by atoms with Crippen LogP contribution in [0.3, 0.4) is 0 Å². The number of hydrogen-bond donors (Lipinski definition) is 1. The third-order valence-electron chi connectivity index (χ3n) is 5.91. The van der Waals surface area contributed by atoms with Crippen LogP contribution < -0.4 is 5.32 Å². The summed E-state index contributed by atoms with van der Waals surface area (Å²) < 4.78 is 41.7. The molecule has 1 aliphatic rings. The number of benzene rings is 2. The number of hydrogen-bond acceptors (Lipinski definition) is 4. The zero-order chi connectivity index (χ0) is 22.2. The highest BCUT2D eigenvalue weighted by Crippen LogP contribution is 2.27. The molecule has 2 heterocycles. The van der Waals surface area contributed by atoms with E-state index in [-0.39, 0.29) is 17.6 Å².